The van der Waals surface area contributed by atoms with E-state index in [9.17, 15) is 4.79 Å². The Labute approximate surface area is 161 Å². The number of halogens is 2. The average Bonchev–Trinajstić information content (AvgIpc) is 2.97. The highest BCUT2D eigenvalue weighted by molar-refractivity contribution is 9.11. The van der Waals surface area contributed by atoms with Gasteiger partial charge in [0.05, 0.1) is 10.7 Å². The molecule has 3 aromatic rings. The lowest BCUT2D eigenvalue weighted by Gasteiger charge is -2.10. The van der Waals surface area contributed by atoms with Crippen molar-refractivity contribution in [3.63, 3.8) is 0 Å². The minimum absolute atomic E-state index is 0.119. The van der Waals surface area contributed by atoms with Crippen LogP contribution in [0.5, 0.6) is 5.75 Å². The summed E-state index contributed by atoms with van der Waals surface area (Å²) in [5, 5.41) is 5.04. The van der Waals surface area contributed by atoms with Crippen LogP contribution in [0.1, 0.15) is 11.1 Å². The van der Waals surface area contributed by atoms with Gasteiger partial charge in [-0.15, -0.1) is 0 Å². The zero-order valence-corrected chi connectivity index (χ0v) is 16.5. The van der Waals surface area contributed by atoms with E-state index >= 15 is 0 Å². The number of ether oxygens (including phenoxy) is 1. The second-order valence-electron chi connectivity index (χ2n) is 5.41. The van der Waals surface area contributed by atoms with Crippen molar-refractivity contribution in [2.24, 2.45) is 5.10 Å². The molecule has 0 aliphatic heterocycles. The van der Waals surface area contributed by atoms with E-state index in [-0.39, 0.29) is 12.5 Å². The molecule has 7 heteroatoms. The van der Waals surface area contributed by atoms with Crippen molar-refractivity contribution in [1.29, 1.82) is 0 Å². The monoisotopic (exact) mass is 463 g/mol. The van der Waals surface area contributed by atoms with Crippen molar-refractivity contribution in [3.05, 3.63) is 62.7 Å². The SMILES string of the molecule is Cc1cc(Br)cc(Br)c1OCC(=O)N/N=C/c1c[nH]c2ccccc12. The van der Waals surface area contributed by atoms with Gasteiger partial charge >= 0.3 is 0 Å². The first-order valence-electron chi connectivity index (χ1n) is 7.51. The fourth-order valence-electron chi connectivity index (χ4n) is 2.42. The van der Waals surface area contributed by atoms with E-state index in [2.05, 4.69) is 47.4 Å². The fourth-order valence-corrected chi connectivity index (χ4v) is 3.97. The number of hydrazone groups is 1. The highest BCUT2D eigenvalue weighted by atomic mass is 79.9. The van der Waals surface area contributed by atoms with Crippen LogP contribution >= 0.6 is 31.9 Å². The molecule has 0 saturated heterocycles. The van der Waals surface area contributed by atoms with Gasteiger partial charge in [0.15, 0.2) is 6.61 Å². The van der Waals surface area contributed by atoms with Gasteiger partial charge in [-0.05, 0) is 46.6 Å². The molecule has 2 N–H and O–H groups in total. The highest BCUT2D eigenvalue weighted by Crippen LogP contribution is 2.32. The molecule has 2 aromatic carbocycles. The van der Waals surface area contributed by atoms with Gasteiger partial charge in [0.2, 0.25) is 0 Å². The van der Waals surface area contributed by atoms with Crippen LogP contribution in [0.3, 0.4) is 0 Å². The highest BCUT2D eigenvalue weighted by Gasteiger charge is 2.09. The summed E-state index contributed by atoms with van der Waals surface area (Å²) in [5.74, 6) is 0.310. The second kappa shape index (κ2) is 7.84. The Bertz CT molecular complexity index is 927. The van der Waals surface area contributed by atoms with E-state index in [0.717, 1.165) is 31.0 Å². The third-order valence-electron chi connectivity index (χ3n) is 3.56. The maximum atomic E-state index is 11.9. The van der Waals surface area contributed by atoms with Gasteiger partial charge in [0.25, 0.3) is 5.91 Å². The molecule has 0 spiro atoms. The van der Waals surface area contributed by atoms with Crippen molar-refractivity contribution >= 4 is 54.9 Å². The van der Waals surface area contributed by atoms with E-state index in [0.29, 0.717) is 5.75 Å². The zero-order valence-electron chi connectivity index (χ0n) is 13.3. The number of aromatic nitrogens is 1. The molecular weight excluding hydrogens is 450 g/mol. The first kappa shape index (κ1) is 17.7. The Balaban J connectivity index is 1.58. The van der Waals surface area contributed by atoms with Gasteiger partial charge in [-0.2, -0.15) is 5.10 Å². The number of amides is 1. The number of para-hydroxylation sites is 1. The summed E-state index contributed by atoms with van der Waals surface area (Å²) < 4.78 is 7.31. The second-order valence-corrected chi connectivity index (χ2v) is 7.18. The molecule has 128 valence electrons. The summed E-state index contributed by atoms with van der Waals surface area (Å²) in [6.07, 6.45) is 3.46. The molecule has 25 heavy (non-hydrogen) atoms. The minimum Gasteiger partial charge on any atom is -0.482 e. The number of hydrogen-bond acceptors (Lipinski definition) is 3. The van der Waals surface area contributed by atoms with E-state index < -0.39 is 0 Å². The van der Waals surface area contributed by atoms with E-state index in [1.165, 1.54) is 0 Å². The van der Waals surface area contributed by atoms with Crippen LogP contribution in [0.15, 0.2) is 56.6 Å². The summed E-state index contributed by atoms with van der Waals surface area (Å²) in [7, 11) is 0. The number of carbonyl (C=O) groups is 1. The Hall–Kier alpha value is -2.12. The van der Waals surface area contributed by atoms with Crippen molar-refractivity contribution in [2.45, 2.75) is 6.92 Å². The molecule has 5 nitrogen and oxygen atoms in total. The van der Waals surface area contributed by atoms with Crippen LogP contribution in [-0.2, 0) is 4.79 Å². The van der Waals surface area contributed by atoms with Crippen LogP contribution in [-0.4, -0.2) is 23.7 Å². The number of benzene rings is 2. The number of aryl methyl sites for hydroxylation is 1. The summed E-state index contributed by atoms with van der Waals surface area (Å²) in [4.78, 5) is 15.1. The number of H-pyrrole nitrogens is 1. The van der Waals surface area contributed by atoms with Gasteiger partial charge in [0, 0.05) is 27.1 Å². The van der Waals surface area contributed by atoms with Gasteiger partial charge in [0.1, 0.15) is 5.75 Å². The molecule has 0 saturated carbocycles. The van der Waals surface area contributed by atoms with Gasteiger partial charge < -0.3 is 9.72 Å². The molecule has 0 unspecified atom stereocenters. The molecular formula is C18H15Br2N3O2. The van der Waals surface area contributed by atoms with E-state index in [1.807, 2.05) is 49.5 Å². The van der Waals surface area contributed by atoms with Crippen molar-refractivity contribution < 1.29 is 9.53 Å². The average molecular weight is 465 g/mol. The predicted octanol–water partition coefficient (Wildman–Crippen LogP) is 4.53. The molecule has 0 aliphatic carbocycles. The molecule has 3 rings (SSSR count). The first-order chi connectivity index (χ1) is 12.0. The lowest BCUT2D eigenvalue weighted by atomic mass is 10.2. The summed E-state index contributed by atoms with van der Waals surface area (Å²) in [6.45, 7) is 1.80. The number of fused-ring (bicyclic) bond motifs is 1. The quantitative estimate of drug-likeness (QED) is 0.430. The molecule has 1 heterocycles. The van der Waals surface area contributed by atoms with Gasteiger partial charge in [-0.1, -0.05) is 34.1 Å². The molecule has 0 radical (unpaired) electrons. The molecule has 1 aromatic heterocycles. The Morgan fingerprint density at radius 1 is 1.32 bits per heavy atom. The summed E-state index contributed by atoms with van der Waals surface area (Å²) in [5.41, 5.74) is 5.33. The number of nitrogens with one attached hydrogen (secondary N) is 2. The van der Waals surface area contributed by atoms with E-state index in [1.54, 1.807) is 6.21 Å². The summed E-state index contributed by atoms with van der Waals surface area (Å²) >= 11 is 6.84. The van der Waals surface area contributed by atoms with E-state index in [4.69, 9.17) is 4.74 Å². The molecule has 0 bridgehead atoms. The molecule has 0 aliphatic rings. The lowest BCUT2D eigenvalue weighted by Crippen LogP contribution is -2.24. The Kier molecular flexibility index (Phi) is 5.55. The third kappa shape index (κ3) is 4.29. The standard InChI is InChI=1S/C18H15Br2N3O2/c1-11-6-13(19)7-15(20)18(11)25-10-17(24)23-22-9-12-8-21-16-5-3-2-4-14(12)16/h2-9,21H,10H2,1H3,(H,23,24)/b22-9+. The van der Waals surface area contributed by atoms with Crippen molar-refractivity contribution in [2.75, 3.05) is 6.61 Å². The maximum Gasteiger partial charge on any atom is 0.277 e. The van der Waals surface area contributed by atoms with Crippen LogP contribution in [0.25, 0.3) is 10.9 Å². The van der Waals surface area contributed by atoms with Gasteiger partial charge in [-0.25, -0.2) is 5.43 Å². The zero-order chi connectivity index (χ0) is 17.8. The normalized spacial score (nSPS) is 11.2. The number of rotatable bonds is 5. The number of aromatic amines is 1. The lowest BCUT2D eigenvalue weighted by molar-refractivity contribution is -0.123. The third-order valence-corrected chi connectivity index (χ3v) is 4.60. The minimum atomic E-state index is -0.328. The fraction of sp³-hybridized carbons (Fsp3) is 0.111. The number of nitrogens with zero attached hydrogens (tertiary/aromatic N) is 1. The molecule has 0 fully saturated rings. The topological polar surface area (TPSA) is 66.5 Å². The largest absolute Gasteiger partial charge is 0.482 e. The number of hydrogen-bond donors (Lipinski definition) is 2. The van der Waals surface area contributed by atoms with Crippen molar-refractivity contribution in [1.82, 2.24) is 10.4 Å². The van der Waals surface area contributed by atoms with Crippen LogP contribution in [0, 0.1) is 6.92 Å². The maximum absolute atomic E-state index is 11.9. The van der Waals surface area contributed by atoms with Crippen molar-refractivity contribution in [3.8, 4) is 5.75 Å². The Morgan fingerprint density at radius 2 is 2.12 bits per heavy atom. The van der Waals surface area contributed by atoms with Crippen LogP contribution < -0.4 is 10.2 Å². The smallest absolute Gasteiger partial charge is 0.277 e. The summed E-state index contributed by atoms with van der Waals surface area (Å²) in [6, 6.07) is 11.7. The number of carbonyl (C=O) groups excluding carboxylic acids is 1. The first-order valence-corrected chi connectivity index (χ1v) is 9.09. The van der Waals surface area contributed by atoms with Crippen LogP contribution in [0.2, 0.25) is 0 Å². The molecule has 1 amide bonds. The molecule has 0 atom stereocenters. The van der Waals surface area contributed by atoms with Gasteiger partial charge in [-0.3, -0.25) is 4.79 Å². The Morgan fingerprint density at radius 3 is 2.92 bits per heavy atom. The van der Waals surface area contributed by atoms with Crippen LogP contribution in [0.4, 0.5) is 0 Å². The predicted molar refractivity (Wildman–Crippen MR) is 106 cm³/mol.